The number of hydrogen-bond acceptors (Lipinski definition) is 4. The number of pyridine rings is 1. The van der Waals surface area contributed by atoms with E-state index in [1.807, 2.05) is 37.3 Å². The maximum atomic E-state index is 4.96. The standard InChI is InChI=1S/C35H26N4S/c1-3-4-10-23(2)29-21-30(25-11-6-5-7-12-25)37-34(36-29)26-17-15-24(16-18-26)27-19-20-32-38-33-28-13-8-9-14-31(28)40-35(33)39(32)22-27/h3-22H,1-2H3/b4-3-,23-10+. The number of fused-ring (bicyclic) bond motifs is 5. The van der Waals surface area contributed by atoms with E-state index in [0.29, 0.717) is 5.82 Å². The molecule has 0 atom stereocenters. The van der Waals surface area contributed by atoms with E-state index in [2.05, 4.69) is 102 Å². The second-order valence-electron chi connectivity index (χ2n) is 9.79. The molecule has 0 saturated carbocycles. The van der Waals surface area contributed by atoms with Gasteiger partial charge in [0.2, 0.25) is 0 Å². The Kier molecular flexibility index (Phi) is 6.06. The quantitative estimate of drug-likeness (QED) is 0.207. The van der Waals surface area contributed by atoms with Gasteiger partial charge in [0.05, 0.1) is 11.4 Å². The first-order valence-corrected chi connectivity index (χ1v) is 14.1. The van der Waals surface area contributed by atoms with E-state index in [1.54, 1.807) is 11.3 Å². The van der Waals surface area contributed by atoms with Gasteiger partial charge in [-0.15, -0.1) is 11.3 Å². The smallest absolute Gasteiger partial charge is 0.160 e. The van der Waals surface area contributed by atoms with Crippen molar-refractivity contribution < 1.29 is 0 Å². The summed E-state index contributed by atoms with van der Waals surface area (Å²) in [5, 5.41) is 1.21. The molecule has 40 heavy (non-hydrogen) atoms. The van der Waals surface area contributed by atoms with E-state index in [-0.39, 0.29) is 0 Å². The van der Waals surface area contributed by atoms with E-state index in [9.17, 15) is 0 Å². The predicted octanol–water partition coefficient (Wildman–Crippen LogP) is 9.47. The van der Waals surface area contributed by atoms with Crippen LogP contribution in [0.3, 0.4) is 0 Å². The second kappa shape index (κ2) is 10.0. The summed E-state index contributed by atoms with van der Waals surface area (Å²) >= 11 is 1.78. The molecular formula is C35H26N4S. The van der Waals surface area contributed by atoms with E-state index >= 15 is 0 Å². The molecular weight excluding hydrogens is 508 g/mol. The molecule has 4 nitrogen and oxygen atoms in total. The number of thiophene rings is 1. The summed E-state index contributed by atoms with van der Waals surface area (Å²) in [5.41, 5.74) is 9.29. The highest BCUT2D eigenvalue weighted by atomic mass is 32.1. The third-order valence-electron chi connectivity index (χ3n) is 7.14. The van der Waals surface area contributed by atoms with E-state index in [1.165, 1.54) is 14.9 Å². The zero-order valence-electron chi connectivity index (χ0n) is 22.2. The Balaban J connectivity index is 1.28. The van der Waals surface area contributed by atoms with Gasteiger partial charge < -0.3 is 0 Å². The van der Waals surface area contributed by atoms with Crippen LogP contribution in [0.2, 0.25) is 0 Å². The molecule has 0 N–H and O–H groups in total. The fourth-order valence-electron chi connectivity index (χ4n) is 5.00. The van der Waals surface area contributed by atoms with Crippen molar-refractivity contribution >= 4 is 43.0 Å². The molecule has 7 aromatic rings. The third-order valence-corrected chi connectivity index (χ3v) is 8.30. The summed E-state index contributed by atoms with van der Waals surface area (Å²) in [4.78, 5) is 16.0. The fraction of sp³-hybridized carbons (Fsp3) is 0.0571. The molecule has 0 bridgehead atoms. The van der Waals surface area contributed by atoms with E-state index < -0.39 is 0 Å². The predicted molar refractivity (Wildman–Crippen MR) is 168 cm³/mol. The maximum Gasteiger partial charge on any atom is 0.160 e. The van der Waals surface area contributed by atoms with Gasteiger partial charge in [0.1, 0.15) is 16.0 Å². The lowest BCUT2D eigenvalue weighted by molar-refractivity contribution is 1.15. The second-order valence-corrected chi connectivity index (χ2v) is 10.8. The van der Waals surface area contributed by atoms with Crippen LogP contribution >= 0.6 is 11.3 Å². The minimum Gasteiger partial charge on any atom is -0.290 e. The Labute approximate surface area is 236 Å². The summed E-state index contributed by atoms with van der Waals surface area (Å²) in [5.74, 6) is 0.716. The van der Waals surface area contributed by atoms with Gasteiger partial charge in [-0.05, 0) is 54.8 Å². The molecule has 4 heterocycles. The number of benzene rings is 3. The van der Waals surface area contributed by atoms with E-state index in [0.717, 1.165) is 50.4 Å². The molecule has 0 aliphatic rings. The van der Waals surface area contributed by atoms with Gasteiger partial charge >= 0.3 is 0 Å². The monoisotopic (exact) mass is 534 g/mol. The van der Waals surface area contributed by atoms with Crippen molar-refractivity contribution in [3.8, 4) is 33.8 Å². The van der Waals surface area contributed by atoms with Crippen molar-refractivity contribution in [1.82, 2.24) is 19.4 Å². The van der Waals surface area contributed by atoms with Crippen LogP contribution < -0.4 is 0 Å². The minimum atomic E-state index is 0.716. The van der Waals surface area contributed by atoms with Crippen LogP contribution in [0.4, 0.5) is 0 Å². The molecule has 0 aliphatic heterocycles. The van der Waals surface area contributed by atoms with Gasteiger partial charge in [0, 0.05) is 27.4 Å². The number of rotatable bonds is 5. The molecule has 5 heteroatoms. The van der Waals surface area contributed by atoms with Crippen LogP contribution in [-0.4, -0.2) is 19.4 Å². The summed E-state index contributed by atoms with van der Waals surface area (Å²) in [7, 11) is 0. The largest absolute Gasteiger partial charge is 0.290 e. The topological polar surface area (TPSA) is 43.1 Å². The summed E-state index contributed by atoms with van der Waals surface area (Å²) < 4.78 is 3.47. The summed E-state index contributed by atoms with van der Waals surface area (Å²) in [6.07, 6.45) is 8.34. The molecule has 192 valence electrons. The first kappa shape index (κ1) is 24.2. The van der Waals surface area contributed by atoms with Gasteiger partial charge in [-0.2, -0.15) is 0 Å². The summed E-state index contributed by atoms with van der Waals surface area (Å²) in [6, 6.07) is 33.6. The van der Waals surface area contributed by atoms with Crippen LogP contribution in [0, 0.1) is 0 Å². The zero-order chi connectivity index (χ0) is 27.1. The van der Waals surface area contributed by atoms with Gasteiger partial charge in [-0.1, -0.05) is 91.0 Å². The molecule has 0 fully saturated rings. The Hall–Kier alpha value is -4.87. The Bertz CT molecular complexity index is 2060. The fourth-order valence-corrected chi connectivity index (χ4v) is 6.12. The Morgan fingerprint density at radius 1 is 0.750 bits per heavy atom. The third kappa shape index (κ3) is 4.31. The van der Waals surface area contributed by atoms with Crippen LogP contribution in [-0.2, 0) is 0 Å². The lowest BCUT2D eigenvalue weighted by atomic mass is 10.0. The molecule has 4 aromatic heterocycles. The number of imidazole rings is 1. The lowest BCUT2D eigenvalue weighted by Gasteiger charge is -2.10. The Morgan fingerprint density at radius 3 is 2.33 bits per heavy atom. The first-order chi connectivity index (χ1) is 19.7. The number of allylic oxidation sites excluding steroid dienone is 4. The van der Waals surface area contributed by atoms with Gasteiger partial charge in [-0.25, -0.2) is 15.0 Å². The molecule has 0 radical (unpaired) electrons. The number of aromatic nitrogens is 4. The lowest BCUT2D eigenvalue weighted by Crippen LogP contribution is -1.97. The van der Waals surface area contributed by atoms with Crippen molar-refractivity contribution in [2.75, 3.05) is 0 Å². The van der Waals surface area contributed by atoms with Gasteiger partial charge in [-0.3, -0.25) is 4.40 Å². The van der Waals surface area contributed by atoms with Gasteiger partial charge in [0.25, 0.3) is 0 Å². The van der Waals surface area contributed by atoms with Crippen molar-refractivity contribution in [2.45, 2.75) is 13.8 Å². The van der Waals surface area contributed by atoms with E-state index in [4.69, 9.17) is 15.0 Å². The average Bonchev–Trinajstić information content (AvgIpc) is 3.56. The highest BCUT2D eigenvalue weighted by Gasteiger charge is 2.13. The van der Waals surface area contributed by atoms with Crippen LogP contribution in [0.5, 0.6) is 0 Å². The summed E-state index contributed by atoms with van der Waals surface area (Å²) in [6.45, 7) is 4.10. The van der Waals surface area contributed by atoms with Crippen molar-refractivity contribution in [1.29, 1.82) is 0 Å². The molecule has 3 aromatic carbocycles. The van der Waals surface area contributed by atoms with Crippen molar-refractivity contribution in [2.24, 2.45) is 0 Å². The van der Waals surface area contributed by atoms with Gasteiger partial charge in [0.15, 0.2) is 5.82 Å². The van der Waals surface area contributed by atoms with Crippen molar-refractivity contribution in [3.05, 3.63) is 127 Å². The number of nitrogens with zero attached hydrogens (tertiary/aromatic N) is 4. The van der Waals surface area contributed by atoms with Crippen LogP contribution in [0.1, 0.15) is 19.5 Å². The SMILES string of the molecule is C/C=C\C=C(/C)c1cc(-c2ccccc2)nc(-c2ccc(-c3ccc4nc5c6ccccc6sc5n4c3)cc2)n1. The zero-order valence-corrected chi connectivity index (χ0v) is 23.1. The number of hydrogen-bond donors (Lipinski definition) is 0. The molecule has 0 aliphatic carbocycles. The minimum absolute atomic E-state index is 0.716. The van der Waals surface area contributed by atoms with Crippen LogP contribution in [0.25, 0.3) is 65.4 Å². The van der Waals surface area contributed by atoms with Crippen molar-refractivity contribution in [3.63, 3.8) is 0 Å². The van der Waals surface area contributed by atoms with Crippen LogP contribution in [0.15, 0.2) is 121 Å². The molecule has 0 amide bonds. The molecule has 0 unspecified atom stereocenters. The maximum absolute atomic E-state index is 4.96. The first-order valence-electron chi connectivity index (χ1n) is 13.3. The molecule has 0 saturated heterocycles. The normalized spacial score (nSPS) is 12.3. The molecule has 0 spiro atoms. The average molecular weight is 535 g/mol. The molecule has 7 rings (SSSR count). The Morgan fingerprint density at radius 2 is 1.50 bits per heavy atom. The highest BCUT2D eigenvalue weighted by Crippen LogP contribution is 2.35. The highest BCUT2D eigenvalue weighted by molar-refractivity contribution is 7.25.